The van der Waals surface area contributed by atoms with Crippen LogP contribution >= 0.6 is 23.4 Å². The van der Waals surface area contributed by atoms with Crippen LogP contribution in [0.3, 0.4) is 0 Å². The zero-order valence-corrected chi connectivity index (χ0v) is 10.2. The molecule has 8 heteroatoms. The van der Waals surface area contributed by atoms with E-state index in [9.17, 15) is 4.79 Å². The van der Waals surface area contributed by atoms with Gasteiger partial charge in [0.15, 0.2) is 5.16 Å². The van der Waals surface area contributed by atoms with Crippen molar-refractivity contribution in [3.8, 4) is 0 Å². The van der Waals surface area contributed by atoms with Crippen molar-refractivity contribution in [2.45, 2.75) is 29.1 Å². The van der Waals surface area contributed by atoms with E-state index >= 15 is 0 Å². The molecule has 0 radical (unpaired) electrons. The highest BCUT2D eigenvalue weighted by Gasteiger charge is 2.28. The molecule has 0 aliphatic heterocycles. The normalized spacial score (nSPS) is 15.1. The summed E-state index contributed by atoms with van der Waals surface area (Å²) >= 11 is 7.03. The second-order valence-electron chi connectivity index (χ2n) is 3.69. The van der Waals surface area contributed by atoms with E-state index in [4.69, 9.17) is 11.6 Å². The average Bonchev–Trinajstić information content (AvgIpc) is 3.05. The van der Waals surface area contributed by atoms with Gasteiger partial charge in [-0.1, -0.05) is 11.6 Å². The Labute approximate surface area is 105 Å². The summed E-state index contributed by atoms with van der Waals surface area (Å²) in [6.07, 6.45) is 5.10. The Morgan fingerprint density at radius 3 is 3.00 bits per heavy atom. The SMILES string of the molecule is O=c1[nH]nc(Sc2cncc(Cl)n2)n1C1CC1. The van der Waals surface area contributed by atoms with E-state index in [1.807, 2.05) is 0 Å². The molecule has 88 valence electrons. The third kappa shape index (κ3) is 2.20. The molecule has 17 heavy (non-hydrogen) atoms. The van der Waals surface area contributed by atoms with E-state index in [0.717, 1.165) is 12.8 Å². The molecule has 3 rings (SSSR count). The fourth-order valence-electron chi connectivity index (χ4n) is 1.49. The van der Waals surface area contributed by atoms with Gasteiger partial charge in [0.1, 0.15) is 10.2 Å². The zero-order valence-electron chi connectivity index (χ0n) is 8.63. The van der Waals surface area contributed by atoms with Crippen LogP contribution in [0.4, 0.5) is 0 Å². The molecule has 1 N–H and O–H groups in total. The highest BCUT2D eigenvalue weighted by atomic mass is 35.5. The topological polar surface area (TPSA) is 76.5 Å². The molecule has 0 amide bonds. The number of rotatable bonds is 3. The van der Waals surface area contributed by atoms with E-state index in [0.29, 0.717) is 15.3 Å². The molecule has 2 aromatic rings. The van der Waals surface area contributed by atoms with Gasteiger partial charge in [-0.3, -0.25) is 9.55 Å². The highest BCUT2D eigenvalue weighted by Crippen LogP contribution is 2.37. The molecule has 6 nitrogen and oxygen atoms in total. The van der Waals surface area contributed by atoms with E-state index in [2.05, 4.69) is 20.2 Å². The Hall–Kier alpha value is -1.34. The van der Waals surface area contributed by atoms with Crippen molar-refractivity contribution < 1.29 is 0 Å². The third-order valence-electron chi connectivity index (χ3n) is 2.36. The number of aromatic amines is 1. The lowest BCUT2D eigenvalue weighted by Gasteiger charge is -2.02. The number of aromatic nitrogens is 5. The van der Waals surface area contributed by atoms with Crippen molar-refractivity contribution in [3.05, 3.63) is 28.0 Å². The molecule has 0 saturated heterocycles. The average molecular weight is 270 g/mol. The zero-order chi connectivity index (χ0) is 11.8. The Kier molecular flexibility index (Phi) is 2.64. The van der Waals surface area contributed by atoms with Crippen LogP contribution in [0.25, 0.3) is 0 Å². The molecule has 0 aromatic carbocycles. The van der Waals surface area contributed by atoms with E-state index in [1.165, 1.54) is 18.0 Å². The van der Waals surface area contributed by atoms with Gasteiger partial charge in [-0.05, 0) is 24.6 Å². The van der Waals surface area contributed by atoms with Gasteiger partial charge >= 0.3 is 5.69 Å². The summed E-state index contributed by atoms with van der Waals surface area (Å²) in [5, 5.41) is 7.98. The largest absolute Gasteiger partial charge is 0.344 e. The summed E-state index contributed by atoms with van der Waals surface area (Å²) in [5.41, 5.74) is -0.176. The van der Waals surface area contributed by atoms with Crippen molar-refractivity contribution in [3.63, 3.8) is 0 Å². The molecule has 2 heterocycles. The predicted octanol–water partition coefficient (Wildman–Crippen LogP) is 1.50. The molecule has 0 bridgehead atoms. The number of hydrogen-bond acceptors (Lipinski definition) is 5. The van der Waals surface area contributed by atoms with Crippen LogP contribution in [-0.2, 0) is 0 Å². The van der Waals surface area contributed by atoms with Crippen LogP contribution < -0.4 is 5.69 Å². The van der Waals surface area contributed by atoms with Crippen LogP contribution in [0.5, 0.6) is 0 Å². The van der Waals surface area contributed by atoms with Gasteiger partial charge in [0.2, 0.25) is 0 Å². The van der Waals surface area contributed by atoms with Gasteiger partial charge in [-0.15, -0.1) is 5.10 Å². The number of nitrogens with one attached hydrogen (secondary N) is 1. The van der Waals surface area contributed by atoms with E-state index in [-0.39, 0.29) is 11.7 Å². The lowest BCUT2D eigenvalue weighted by atomic mass is 10.7. The molecule has 0 spiro atoms. The van der Waals surface area contributed by atoms with Crippen molar-refractivity contribution in [1.82, 2.24) is 24.7 Å². The first-order chi connectivity index (χ1) is 8.24. The smallest absolute Gasteiger partial charge is 0.267 e. The maximum atomic E-state index is 11.5. The lowest BCUT2D eigenvalue weighted by Crippen LogP contribution is -2.16. The maximum absolute atomic E-state index is 11.5. The van der Waals surface area contributed by atoms with Crippen LogP contribution in [0.15, 0.2) is 27.4 Å². The van der Waals surface area contributed by atoms with Gasteiger partial charge in [0.25, 0.3) is 0 Å². The first-order valence-corrected chi connectivity index (χ1v) is 6.26. The monoisotopic (exact) mass is 269 g/mol. The summed E-state index contributed by atoms with van der Waals surface area (Å²) in [5.74, 6) is 0. The Morgan fingerprint density at radius 2 is 2.29 bits per heavy atom. The molecule has 2 aromatic heterocycles. The highest BCUT2D eigenvalue weighted by molar-refractivity contribution is 7.99. The molecular weight excluding hydrogens is 262 g/mol. The minimum atomic E-state index is -0.176. The van der Waals surface area contributed by atoms with Gasteiger partial charge in [-0.2, -0.15) is 0 Å². The van der Waals surface area contributed by atoms with E-state index in [1.54, 1.807) is 10.8 Å². The first-order valence-electron chi connectivity index (χ1n) is 5.06. The number of H-pyrrole nitrogens is 1. The van der Waals surface area contributed by atoms with Gasteiger partial charge in [0, 0.05) is 6.04 Å². The van der Waals surface area contributed by atoms with Crippen molar-refractivity contribution in [1.29, 1.82) is 0 Å². The van der Waals surface area contributed by atoms with Crippen LogP contribution in [0.2, 0.25) is 5.15 Å². The third-order valence-corrected chi connectivity index (χ3v) is 3.42. The van der Waals surface area contributed by atoms with Crippen LogP contribution in [0, 0.1) is 0 Å². The number of nitrogens with zero attached hydrogens (tertiary/aromatic N) is 4. The second-order valence-corrected chi connectivity index (χ2v) is 5.07. The standard InChI is InChI=1S/C9H8ClN5OS/c10-6-3-11-4-7(12-6)17-9-14-13-8(16)15(9)5-1-2-5/h3-5H,1-2H2,(H,13,16). The number of halogens is 1. The molecule has 1 fully saturated rings. The molecule has 1 aliphatic rings. The van der Waals surface area contributed by atoms with Gasteiger partial charge in [-0.25, -0.2) is 14.9 Å². The fraction of sp³-hybridized carbons (Fsp3) is 0.333. The van der Waals surface area contributed by atoms with Crippen LogP contribution in [-0.4, -0.2) is 24.7 Å². The molecule has 1 saturated carbocycles. The quantitative estimate of drug-likeness (QED) is 0.914. The van der Waals surface area contributed by atoms with Crippen molar-refractivity contribution in [2.75, 3.05) is 0 Å². The molecular formula is C9H8ClN5OS. The molecule has 1 aliphatic carbocycles. The van der Waals surface area contributed by atoms with Crippen molar-refractivity contribution in [2.24, 2.45) is 0 Å². The minimum Gasteiger partial charge on any atom is -0.267 e. The Bertz CT molecular complexity index is 605. The Morgan fingerprint density at radius 1 is 1.47 bits per heavy atom. The lowest BCUT2D eigenvalue weighted by molar-refractivity contribution is 0.642. The second kappa shape index (κ2) is 4.15. The first kappa shape index (κ1) is 10.8. The predicted molar refractivity (Wildman–Crippen MR) is 62.3 cm³/mol. The molecule has 0 unspecified atom stereocenters. The van der Waals surface area contributed by atoms with E-state index < -0.39 is 0 Å². The minimum absolute atomic E-state index is 0.176. The van der Waals surface area contributed by atoms with Gasteiger partial charge < -0.3 is 0 Å². The number of hydrogen-bond donors (Lipinski definition) is 1. The van der Waals surface area contributed by atoms with Crippen LogP contribution in [0.1, 0.15) is 18.9 Å². The fourth-order valence-corrected chi connectivity index (χ4v) is 2.55. The summed E-state index contributed by atoms with van der Waals surface area (Å²) < 4.78 is 1.66. The summed E-state index contributed by atoms with van der Waals surface area (Å²) in [7, 11) is 0. The Balaban J connectivity index is 1.92. The van der Waals surface area contributed by atoms with Gasteiger partial charge in [0.05, 0.1) is 12.4 Å². The summed E-state index contributed by atoms with van der Waals surface area (Å²) in [6, 6.07) is 0.274. The summed E-state index contributed by atoms with van der Waals surface area (Å²) in [4.78, 5) is 19.6. The maximum Gasteiger partial charge on any atom is 0.344 e. The molecule has 0 atom stereocenters. The van der Waals surface area contributed by atoms with Crippen molar-refractivity contribution >= 4 is 23.4 Å². The summed E-state index contributed by atoms with van der Waals surface area (Å²) in [6.45, 7) is 0.